The van der Waals surface area contributed by atoms with Gasteiger partial charge < -0.3 is 0 Å². The summed E-state index contributed by atoms with van der Waals surface area (Å²) >= 11 is 0. The maximum Gasteiger partial charge on any atom is 0.0536 e. The highest BCUT2D eigenvalue weighted by atomic mass is 15.1. The van der Waals surface area contributed by atoms with E-state index in [1.54, 1.807) is 0 Å². The van der Waals surface area contributed by atoms with Crippen LogP contribution in [0.25, 0.3) is 0 Å². The quantitative estimate of drug-likeness (QED) is 0.731. The smallest absolute Gasteiger partial charge is 0.0536 e. The zero-order chi connectivity index (χ0) is 13.5. The molecule has 0 atom stereocenters. The van der Waals surface area contributed by atoms with Crippen molar-refractivity contribution in [3.05, 3.63) is 23.5 Å². The number of aromatic nitrogens is 2. The van der Waals surface area contributed by atoms with Gasteiger partial charge in [0.05, 0.1) is 12.4 Å². The van der Waals surface area contributed by atoms with E-state index >= 15 is 0 Å². The van der Waals surface area contributed by atoms with Gasteiger partial charge in [-0.15, -0.1) is 0 Å². The minimum absolute atomic E-state index is 0.0750. The molecule has 17 heavy (non-hydrogen) atoms. The summed E-state index contributed by atoms with van der Waals surface area (Å²) in [7, 11) is 0. The summed E-state index contributed by atoms with van der Waals surface area (Å²) in [6.45, 7) is 18.1. The van der Waals surface area contributed by atoms with Crippen LogP contribution in [-0.4, -0.2) is 10.2 Å². The van der Waals surface area contributed by atoms with Gasteiger partial charge in [0.2, 0.25) is 0 Å². The highest BCUT2D eigenvalue weighted by Gasteiger charge is 2.38. The Balaban J connectivity index is 3.43. The molecule has 0 bridgehead atoms. The first-order valence-electron chi connectivity index (χ1n) is 6.29. The van der Waals surface area contributed by atoms with E-state index in [0.717, 1.165) is 0 Å². The second-order valence-corrected chi connectivity index (χ2v) is 7.44. The Hall–Kier alpha value is -0.920. The van der Waals surface area contributed by atoms with E-state index in [9.17, 15) is 0 Å². The molecule has 0 aliphatic rings. The number of nitrogens with zero attached hydrogens (tertiary/aromatic N) is 2. The summed E-state index contributed by atoms with van der Waals surface area (Å²) in [5, 5.41) is 8.15. The lowest BCUT2D eigenvalue weighted by atomic mass is 9.63. The van der Waals surface area contributed by atoms with Gasteiger partial charge in [-0.05, 0) is 27.4 Å². The van der Waals surface area contributed by atoms with Crippen LogP contribution in [0.15, 0.2) is 12.4 Å². The molecule has 0 amide bonds. The molecular weight excluding hydrogens is 208 g/mol. The van der Waals surface area contributed by atoms with E-state index in [2.05, 4.69) is 65.6 Å². The molecule has 96 valence electrons. The summed E-state index contributed by atoms with van der Waals surface area (Å²) in [6, 6.07) is 0. The predicted molar refractivity (Wildman–Crippen MR) is 73.2 cm³/mol. The summed E-state index contributed by atoms with van der Waals surface area (Å²) in [4.78, 5) is 0. The summed E-state index contributed by atoms with van der Waals surface area (Å²) in [5.41, 5.74) is 2.98. The van der Waals surface area contributed by atoms with Gasteiger partial charge in [0.25, 0.3) is 0 Å². The van der Waals surface area contributed by atoms with Crippen LogP contribution in [0.4, 0.5) is 0 Å². The molecule has 0 saturated carbocycles. The molecule has 2 heteroatoms. The van der Waals surface area contributed by atoms with Crippen molar-refractivity contribution in [3.63, 3.8) is 0 Å². The molecule has 0 radical (unpaired) electrons. The Labute approximate surface area is 106 Å². The molecule has 0 unspecified atom stereocenters. The predicted octanol–water partition coefficient (Wildman–Crippen LogP) is 4.10. The van der Waals surface area contributed by atoms with E-state index in [0.29, 0.717) is 0 Å². The fraction of sp³-hybridized carbons (Fsp3) is 0.733. The Bertz CT molecular complexity index is 392. The fourth-order valence-corrected chi connectivity index (χ4v) is 1.82. The van der Waals surface area contributed by atoms with Crippen molar-refractivity contribution < 1.29 is 0 Å². The third kappa shape index (κ3) is 2.67. The molecule has 0 aliphatic heterocycles. The molecule has 0 aromatic carbocycles. The van der Waals surface area contributed by atoms with Crippen molar-refractivity contribution in [2.45, 2.75) is 66.2 Å². The minimum atomic E-state index is 0.0750. The normalized spacial score (nSPS) is 13.9. The largest absolute Gasteiger partial charge is 0.159 e. The average Bonchev–Trinajstić information content (AvgIpc) is 2.14. The summed E-state index contributed by atoms with van der Waals surface area (Å²) in [6.07, 6.45) is 3.86. The molecule has 0 N–H and O–H groups in total. The van der Waals surface area contributed by atoms with Gasteiger partial charge in [0.15, 0.2) is 0 Å². The molecular formula is C15H26N2. The minimum Gasteiger partial charge on any atom is -0.159 e. The third-order valence-electron chi connectivity index (χ3n) is 4.09. The molecule has 1 aromatic heterocycles. The van der Waals surface area contributed by atoms with Crippen LogP contribution < -0.4 is 0 Å². The van der Waals surface area contributed by atoms with Crippen LogP contribution in [0.2, 0.25) is 0 Å². The molecule has 0 spiro atoms. The van der Waals surface area contributed by atoms with E-state index < -0.39 is 0 Å². The zero-order valence-electron chi connectivity index (χ0n) is 12.5. The van der Waals surface area contributed by atoms with Crippen LogP contribution in [0, 0.1) is 5.41 Å². The highest BCUT2D eigenvalue weighted by Crippen LogP contribution is 2.43. The molecule has 1 heterocycles. The third-order valence-corrected chi connectivity index (χ3v) is 4.09. The first-order chi connectivity index (χ1) is 7.48. The van der Waals surface area contributed by atoms with E-state index in [1.165, 1.54) is 11.1 Å². The lowest BCUT2D eigenvalue weighted by Gasteiger charge is -2.41. The standard InChI is InChI=1S/C15H26N2/c1-13(2,3)11-9-16-17-10-12(11)15(7,8)14(4,5)6/h9-10H,1-8H3. The highest BCUT2D eigenvalue weighted by molar-refractivity contribution is 5.35. The van der Waals surface area contributed by atoms with Crippen LogP contribution in [0.1, 0.15) is 66.5 Å². The monoisotopic (exact) mass is 234 g/mol. The van der Waals surface area contributed by atoms with Crippen molar-refractivity contribution in [1.29, 1.82) is 0 Å². The second kappa shape index (κ2) is 4.08. The number of rotatable bonds is 1. The van der Waals surface area contributed by atoms with Crippen LogP contribution >= 0.6 is 0 Å². The molecule has 0 aliphatic carbocycles. The number of hydrogen-bond donors (Lipinski definition) is 0. The lowest BCUT2D eigenvalue weighted by Crippen LogP contribution is -2.36. The molecule has 0 fully saturated rings. The second-order valence-electron chi connectivity index (χ2n) is 7.44. The van der Waals surface area contributed by atoms with Gasteiger partial charge >= 0.3 is 0 Å². The van der Waals surface area contributed by atoms with Gasteiger partial charge in [0, 0.05) is 0 Å². The van der Waals surface area contributed by atoms with Crippen molar-refractivity contribution in [2.24, 2.45) is 5.41 Å². The summed E-state index contributed by atoms with van der Waals surface area (Å²) < 4.78 is 0. The van der Waals surface area contributed by atoms with Crippen molar-refractivity contribution in [2.75, 3.05) is 0 Å². The first-order valence-corrected chi connectivity index (χ1v) is 6.29. The SMILES string of the molecule is CC(C)(C)c1cnncc1C(C)(C)C(C)(C)C. The van der Waals surface area contributed by atoms with Crippen LogP contribution in [0.5, 0.6) is 0 Å². The lowest BCUT2D eigenvalue weighted by molar-refractivity contribution is 0.221. The average molecular weight is 234 g/mol. The maximum atomic E-state index is 4.09. The van der Waals surface area contributed by atoms with Crippen molar-refractivity contribution >= 4 is 0 Å². The van der Waals surface area contributed by atoms with Crippen LogP contribution in [-0.2, 0) is 10.8 Å². The molecule has 1 aromatic rings. The van der Waals surface area contributed by atoms with Gasteiger partial charge in [-0.2, -0.15) is 10.2 Å². The maximum absolute atomic E-state index is 4.09. The Kier molecular flexibility index (Phi) is 3.39. The van der Waals surface area contributed by atoms with Crippen molar-refractivity contribution in [1.82, 2.24) is 10.2 Å². The van der Waals surface area contributed by atoms with Gasteiger partial charge in [-0.1, -0.05) is 55.4 Å². The van der Waals surface area contributed by atoms with E-state index in [4.69, 9.17) is 0 Å². The molecule has 2 nitrogen and oxygen atoms in total. The van der Waals surface area contributed by atoms with Gasteiger partial charge in [0.1, 0.15) is 0 Å². The first kappa shape index (κ1) is 14.1. The van der Waals surface area contributed by atoms with E-state index in [1.807, 2.05) is 12.4 Å². The topological polar surface area (TPSA) is 25.8 Å². The summed E-state index contributed by atoms with van der Waals surface area (Å²) in [5.74, 6) is 0. The molecule has 0 saturated heterocycles. The number of hydrogen-bond acceptors (Lipinski definition) is 2. The van der Waals surface area contributed by atoms with Crippen molar-refractivity contribution in [3.8, 4) is 0 Å². The van der Waals surface area contributed by atoms with Crippen LogP contribution in [0.3, 0.4) is 0 Å². The fourth-order valence-electron chi connectivity index (χ4n) is 1.82. The van der Waals surface area contributed by atoms with Gasteiger partial charge in [-0.3, -0.25) is 0 Å². The van der Waals surface area contributed by atoms with Gasteiger partial charge in [-0.25, -0.2) is 0 Å². The zero-order valence-corrected chi connectivity index (χ0v) is 12.5. The Morgan fingerprint density at radius 1 is 0.706 bits per heavy atom. The molecule has 1 rings (SSSR count). The van der Waals surface area contributed by atoms with E-state index in [-0.39, 0.29) is 16.2 Å². The Morgan fingerprint density at radius 2 is 1.12 bits per heavy atom. The Morgan fingerprint density at radius 3 is 1.47 bits per heavy atom.